The summed E-state index contributed by atoms with van der Waals surface area (Å²) in [5, 5.41) is 11.8. The van der Waals surface area contributed by atoms with Crippen molar-refractivity contribution < 1.29 is 9.69 Å². The number of rotatable bonds is 3. The molecule has 0 spiro atoms. The highest BCUT2D eigenvalue weighted by atomic mass is 16.2. The Morgan fingerprint density at radius 2 is 2.05 bits per heavy atom. The molecular weight excluding hydrogens is 262 g/mol. The SMILES string of the molecule is C[C@@H]1C[C@@H](C)C[NH+]([C@@H](C)C(=O)Nc2cccc(C#N)c2)C1. The zero-order valence-corrected chi connectivity index (χ0v) is 13.0. The van der Waals surface area contributed by atoms with Gasteiger partial charge < -0.3 is 10.2 Å². The first kappa shape index (κ1) is 15.5. The fraction of sp³-hybridized carbons (Fsp3) is 0.529. The van der Waals surface area contributed by atoms with Crippen LogP contribution in [-0.4, -0.2) is 25.0 Å². The van der Waals surface area contributed by atoms with Crippen molar-refractivity contribution in [3.63, 3.8) is 0 Å². The smallest absolute Gasteiger partial charge is 0.282 e. The van der Waals surface area contributed by atoms with E-state index in [0.29, 0.717) is 23.1 Å². The maximum Gasteiger partial charge on any atom is 0.282 e. The second-order valence-electron chi connectivity index (χ2n) is 6.42. The minimum absolute atomic E-state index is 0.0291. The second-order valence-corrected chi connectivity index (χ2v) is 6.42. The fourth-order valence-electron chi connectivity index (χ4n) is 3.29. The molecule has 1 heterocycles. The molecule has 1 fully saturated rings. The van der Waals surface area contributed by atoms with Crippen LogP contribution in [-0.2, 0) is 4.79 Å². The van der Waals surface area contributed by atoms with Crippen molar-refractivity contribution in [2.75, 3.05) is 18.4 Å². The zero-order valence-electron chi connectivity index (χ0n) is 13.0. The van der Waals surface area contributed by atoms with Gasteiger partial charge in [-0.3, -0.25) is 4.79 Å². The summed E-state index contributed by atoms with van der Waals surface area (Å²) in [5.41, 5.74) is 1.26. The highest BCUT2D eigenvalue weighted by Gasteiger charge is 2.32. The van der Waals surface area contributed by atoms with Crippen LogP contribution in [0.2, 0.25) is 0 Å². The predicted octanol–water partition coefficient (Wildman–Crippen LogP) is 1.45. The lowest BCUT2D eigenvalue weighted by atomic mass is 9.91. The Kier molecular flexibility index (Phi) is 4.98. The molecule has 4 heteroatoms. The number of carbonyl (C=O) groups excluding carboxylic acids is 1. The van der Waals surface area contributed by atoms with Gasteiger partial charge in [0, 0.05) is 17.5 Å². The van der Waals surface area contributed by atoms with Crippen LogP contribution in [0.15, 0.2) is 24.3 Å². The lowest BCUT2D eigenvalue weighted by molar-refractivity contribution is -0.925. The van der Waals surface area contributed by atoms with Gasteiger partial charge >= 0.3 is 0 Å². The number of nitrogens with one attached hydrogen (secondary N) is 2. The quantitative estimate of drug-likeness (QED) is 0.883. The van der Waals surface area contributed by atoms with Crippen LogP contribution in [0.1, 0.15) is 32.8 Å². The summed E-state index contributed by atoms with van der Waals surface area (Å²) in [7, 11) is 0. The van der Waals surface area contributed by atoms with Crippen molar-refractivity contribution in [2.45, 2.75) is 33.2 Å². The van der Waals surface area contributed by atoms with Gasteiger partial charge in [-0.25, -0.2) is 0 Å². The molecule has 0 radical (unpaired) electrons. The number of benzene rings is 1. The first-order chi connectivity index (χ1) is 9.99. The highest BCUT2D eigenvalue weighted by Crippen LogP contribution is 2.13. The molecule has 1 aromatic carbocycles. The summed E-state index contributed by atoms with van der Waals surface area (Å²) < 4.78 is 0. The average Bonchev–Trinajstić information content (AvgIpc) is 2.45. The molecule has 0 bridgehead atoms. The first-order valence-electron chi connectivity index (χ1n) is 7.65. The summed E-state index contributed by atoms with van der Waals surface area (Å²) in [4.78, 5) is 13.8. The Balaban J connectivity index is 2.00. The van der Waals surface area contributed by atoms with Crippen molar-refractivity contribution in [1.29, 1.82) is 5.26 Å². The predicted molar refractivity (Wildman–Crippen MR) is 82.9 cm³/mol. The maximum atomic E-state index is 12.4. The van der Waals surface area contributed by atoms with Crippen LogP contribution in [0.3, 0.4) is 0 Å². The van der Waals surface area contributed by atoms with Crippen LogP contribution in [0.4, 0.5) is 5.69 Å². The van der Waals surface area contributed by atoms with Crippen LogP contribution in [0.25, 0.3) is 0 Å². The van der Waals surface area contributed by atoms with Gasteiger partial charge in [0.1, 0.15) is 0 Å². The van der Waals surface area contributed by atoms with Gasteiger partial charge in [0.2, 0.25) is 0 Å². The Bertz CT molecular complexity index is 539. The molecule has 0 aromatic heterocycles. The third-order valence-electron chi connectivity index (χ3n) is 4.29. The van der Waals surface area contributed by atoms with E-state index in [9.17, 15) is 4.79 Å². The van der Waals surface area contributed by atoms with Crippen LogP contribution >= 0.6 is 0 Å². The number of hydrogen-bond donors (Lipinski definition) is 2. The average molecular weight is 286 g/mol. The van der Waals surface area contributed by atoms with Gasteiger partial charge in [0.05, 0.1) is 24.7 Å². The number of nitriles is 1. The zero-order chi connectivity index (χ0) is 15.4. The summed E-state index contributed by atoms with van der Waals surface area (Å²) in [6.07, 6.45) is 1.25. The molecule has 21 heavy (non-hydrogen) atoms. The van der Waals surface area contributed by atoms with Crippen molar-refractivity contribution in [3.8, 4) is 6.07 Å². The molecule has 1 amide bonds. The summed E-state index contributed by atoms with van der Waals surface area (Å²) in [6.45, 7) is 8.62. The standard InChI is InChI=1S/C17H23N3O/c1-12-7-13(2)11-20(10-12)14(3)17(21)19-16-6-4-5-15(8-16)9-18/h4-6,8,12-14H,7,10-11H2,1-3H3,(H,19,21)/p+1/t12-,13-,14+/m1/s1. The summed E-state index contributed by atoms with van der Waals surface area (Å²) in [6, 6.07) is 9.07. The van der Waals surface area contributed by atoms with Crippen LogP contribution < -0.4 is 10.2 Å². The minimum Gasteiger partial charge on any atom is -0.324 e. The number of anilines is 1. The molecule has 2 rings (SSSR count). The molecule has 0 saturated carbocycles. The van der Waals surface area contributed by atoms with E-state index in [1.54, 1.807) is 18.2 Å². The summed E-state index contributed by atoms with van der Waals surface area (Å²) in [5.74, 6) is 1.36. The number of quaternary nitrogens is 1. The molecule has 2 N–H and O–H groups in total. The maximum absolute atomic E-state index is 12.4. The van der Waals surface area contributed by atoms with E-state index >= 15 is 0 Å². The molecule has 1 saturated heterocycles. The molecule has 0 unspecified atom stereocenters. The Labute approximate surface area is 126 Å². The molecule has 1 aliphatic heterocycles. The van der Waals surface area contributed by atoms with E-state index in [4.69, 9.17) is 5.26 Å². The van der Waals surface area contributed by atoms with E-state index in [1.807, 2.05) is 13.0 Å². The Morgan fingerprint density at radius 3 is 2.67 bits per heavy atom. The fourth-order valence-corrected chi connectivity index (χ4v) is 3.29. The van der Waals surface area contributed by atoms with Crippen molar-refractivity contribution in [1.82, 2.24) is 0 Å². The highest BCUT2D eigenvalue weighted by molar-refractivity contribution is 5.93. The third-order valence-corrected chi connectivity index (χ3v) is 4.29. The Morgan fingerprint density at radius 1 is 1.38 bits per heavy atom. The van der Waals surface area contributed by atoms with E-state index in [0.717, 1.165) is 13.1 Å². The number of amides is 1. The van der Waals surface area contributed by atoms with E-state index in [1.165, 1.54) is 11.3 Å². The topological polar surface area (TPSA) is 57.3 Å². The number of piperidine rings is 1. The van der Waals surface area contributed by atoms with Crippen molar-refractivity contribution in [2.24, 2.45) is 11.8 Å². The number of likely N-dealkylation sites (tertiary alicyclic amines) is 1. The minimum atomic E-state index is -0.0686. The lowest BCUT2D eigenvalue weighted by Gasteiger charge is -2.35. The van der Waals surface area contributed by atoms with E-state index < -0.39 is 0 Å². The number of hydrogen-bond acceptors (Lipinski definition) is 2. The van der Waals surface area contributed by atoms with Gasteiger partial charge in [0.25, 0.3) is 5.91 Å². The third kappa shape index (κ3) is 4.05. The first-order valence-corrected chi connectivity index (χ1v) is 7.65. The van der Waals surface area contributed by atoms with Crippen LogP contribution in [0, 0.1) is 23.2 Å². The molecule has 3 atom stereocenters. The molecule has 1 aliphatic rings. The van der Waals surface area contributed by atoms with Gasteiger partial charge in [-0.15, -0.1) is 0 Å². The van der Waals surface area contributed by atoms with Gasteiger partial charge in [-0.05, 0) is 31.5 Å². The largest absolute Gasteiger partial charge is 0.324 e. The van der Waals surface area contributed by atoms with Crippen molar-refractivity contribution >= 4 is 11.6 Å². The van der Waals surface area contributed by atoms with Gasteiger partial charge in [-0.2, -0.15) is 5.26 Å². The van der Waals surface area contributed by atoms with E-state index in [2.05, 4.69) is 25.2 Å². The Hall–Kier alpha value is -1.86. The second kappa shape index (κ2) is 6.73. The number of carbonyl (C=O) groups is 1. The van der Waals surface area contributed by atoms with Gasteiger partial charge in [-0.1, -0.05) is 19.9 Å². The molecule has 112 valence electrons. The molecule has 0 aliphatic carbocycles. The normalized spacial score (nSPS) is 26.7. The van der Waals surface area contributed by atoms with Crippen LogP contribution in [0.5, 0.6) is 0 Å². The molecular formula is C17H24N3O+. The van der Waals surface area contributed by atoms with Crippen molar-refractivity contribution in [3.05, 3.63) is 29.8 Å². The summed E-state index contributed by atoms with van der Waals surface area (Å²) >= 11 is 0. The molecule has 4 nitrogen and oxygen atoms in total. The lowest BCUT2D eigenvalue weighted by Crippen LogP contribution is -3.18. The monoisotopic (exact) mass is 286 g/mol. The number of nitrogens with zero attached hydrogens (tertiary/aromatic N) is 1. The molecule has 1 aromatic rings. The van der Waals surface area contributed by atoms with Gasteiger partial charge in [0.15, 0.2) is 6.04 Å². The van der Waals surface area contributed by atoms with E-state index in [-0.39, 0.29) is 11.9 Å².